The molecule has 2 heteroatoms. The number of unbranched alkanes of at least 4 members (excludes halogenated alkanes) is 4. The minimum absolute atomic E-state index is 0.141. The third kappa shape index (κ3) is 10.0. The predicted molar refractivity (Wildman–Crippen MR) is 68.2 cm³/mol. The van der Waals surface area contributed by atoms with E-state index in [-0.39, 0.29) is 6.29 Å². The number of rotatable bonds is 9. The molecule has 0 saturated carbocycles. The van der Waals surface area contributed by atoms with Gasteiger partial charge in [0.15, 0.2) is 6.29 Å². The molecule has 0 amide bonds. The van der Waals surface area contributed by atoms with E-state index in [0.29, 0.717) is 19.6 Å². The van der Waals surface area contributed by atoms with Gasteiger partial charge in [-0.15, -0.1) is 5.92 Å². The fourth-order valence-electron chi connectivity index (χ4n) is 1.42. The largest absolute Gasteiger partial charge is 0.352 e. The summed E-state index contributed by atoms with van der Waals surface area (Å²) in [6.07, 6.45) is 6.67. The van der Waals surface area contributed by atoms with Gasteiger partial charge in [-0.3, -0.25) is 0 Å². The van der Waals surface area contributed by atoms with Crippen molar-refractivity contribution in [3.05, 3.63) is 0 Å². The van der Waals surface area contributed by atoms with Crippen LogP contribution in [0.3, 0.4) is 0 Å². The molecule has 0 saturated heterocycles. The highest BCUT2D eigenvalue weighted by Gasteiger charge is 2.04. The first-order valence-electron chi connectivity index (χ1n) is 6.54. The van der Waals surface area contributed by atoms with E-state index in [4.69, 9.17) is 9.47 Å². The van der Waals surface area contributed by atoms with Gasteiger partial charge in [0.2, 0.25) is 0 Å². The SMILES string of the molecule is CCCCCCC#CCC(OCC)OCC. The lowest BCUT2D eigenvalue weighted by Crippen LogP contribution is -2.16. The van der Waals surface area contributed by atoms with Crippen molar-refractivity contribution in [3.63, 3.8) is 0 Å². The van der Waals surface area contributed by atoms with E-state index in [1.807, 2.05) is 13.8 Å². The maximum absolute atomic E-state index is 5.40. The van der Waals surface area contributed by atoms with Gasteiger partial charge in [0.25, 0.3) is 0 Å². The summed E-state index contributed by atoms with van der Waals surface area (Å²) in [5.74, 6) is 6.31. The van der Waals surface area contributed by atoms with Crippen LogP contribution in [0.5, 0.6) is 0 Å². The minimum atomic E-state index is -0.141. The number of ether oxygens (including phenoxy) is 2. The Bertz CT molecular complexity index is 185. The topological polar surface area (TPSA) is 18.5 Å². The second-order valence-corrected chi connectivity index (χ2v) is 3.71. The minimum Gasteiger partial charge on any atom is -0.352 e. The zero-order chi connectivity index (χ0) is 12.1. The predicted octanol–water partition coefficient (Wildman–Crippen LogP) is 3.75. The van der Waals surface area contributed by atoms with Gasteiger partial charge >= 0.3 is 0 Å². The average Bonchev–Trinajstić information content (AvgIpc) is 2.28. The van der Waals surface area contributed by atoms with Crippen molar-refractivity contribution in [2.24, 2.45) is 0 Å². The molecule has 0 aliphatic rings. The second-order valence-electron chi connectivity index (χ2n) is 3.71. The van der Waals surface area contributed by atoms with Crippen molar-refractivity contribution in [3.8, 4) is 11.8 Å². The normalized spacial score (nSPS) is 10.2. The van der Waals surface area contributed by atoms with Gasteiger partial charge < -0.3 is 9.47 Å². The van der Waals surface area contributed by atoms with Crippen molar-refractivity contribution < 1.29 is 9.47 Å². The number of hydrogen-bond acceptors (Lipinski definition) is 2. The van der Waals surface area contributed by atoms with Crippen molar-refractivity contribution in [2.75, 3.05) is 13.2 Å². The van der Waals surface area contributed by atoms with Gasteiger partial charge in [-0.2, -0.15) is 0 Å². The maximum atomic E-state index is 5.40. The smallest absolute Gasteiger partial charge is 0.168 e. The molecule has 0 unspecified atom stereocenters. The molecule has 0 N–H and O–H groups in total. The molecule has 16 heavy (non-hydrogen) atoms. The zero-order valence-corrected chi connectivity index (χ0v) is 11.1. The van der Waals surface area contributed by atoms with Crippen molar-refractivity contribution in [1.82, 2.24) is 0 Å². The van der Waals surface area contributed by atoms with Gasteiger partial charge in [-0.25, -0.2) is 0 Å². The Morgan fingerprint density at radius 1 is 0.875 bits per heavy atom. The molecular weight excluding hydrogens is 200 g/mol. The highest BCUT2D eigenvalue weighted by Crippen LogP contribution is 2.02. The van der Waals surface area contributed by atoms with Crippen LogP contribution >= 0.6 is 0 Å². The Morgan fingerprint density at radius 2 is 1.56 bits per heavy atom. The molecule has 0 radical (unpaired) electrons. The lowest BCUT2D eigenvalue weighted by Gasteiger charge is -2.13. The van der Waals surface area contributed by atoms with Crippen molar-refractivity contribution in [2.45, 2.75) is 65.6 Å². The van der Waals surface area contributed by atoms with Crippen LogP contribution in [-0.4, -0.2) is 19.5 Å². The molecule has 0 bridgehead atoms. The lowest BCUT2D eigenvalue weighted by atomic mass is 10.1. The van der Waals surface area contributed by atoms with Crippen LogP contribution < -0.4 is 0 Å². The van der Waals surface area contributed by atoms with Crippen LogP contribution in [0.1, 0.15) is 59.3 Å². The maximum Gasteiger partial charge on any atom is 0.168 e. The molecule has 2 nitrogen and oxygen atoms in total. The molecule has 0 fully saturated rings. The zero-order valence-electron chi connectivity index (χ0n) is 11.1. The molecule has 0 spiro atoms. The third-order valence-corrected chi connectivity index (χ3v) is 2.25. The van der Waals surface area contributed by atoms with Crippen molar-refractivity contribution >= 4 is 0 Å². The Labute approximate surface area is 101 Å². The fraction of sp³-hybridized carbons (Fsp3) is 0.857. The van der Waals surface area contributed by atoms with Crippen LogP contribution in [-0.2, 0) is 9.47 Å². The second kappa shape index (κ2) is 12.5. The molecule has 0 rings (SSSR count). The van der Waals surface area contributed by atoms with Crippen LogP contribution in [0.15, 0.2) is 0 Å². The molecular formula is C14H26O2. The molecule has 0 aromatic carbocycles. The Morgan fingerprint density at radius 3 is 2.12 bits per heavy atom. The first kappa shape index (κ1) is 15.5. The summed E-state index contributed by atoms with van der Waals surface area (Å²) in [5.41, 5.74) is 0. The molecule has 0 aromatic heterocycles. The first-order valence-corrected chi connectivity index (χ1v) is 6.54. The summed E-state index contributed by atoms with van der Waals surface area (Å²) in [6, 6.07) is 0. The standard InChI is InChI=1S/C14H26O2/c1-4-7-8-9-10-11-12-13-14(15-5-2)16-6-3/h14H,4-10,13H2,1-3H3. The summed E-state index contributed by atoms with van der Waals surface area (Å²) in [4.78, 5) is 0. The molecule has 0 aliphatic carbocycles. The summed E-state index contributed by atoms with van der Waals surface area (Å²) in [6.45, 7) is 7.54. The Balaban J connectivity index is 3.53. The van der Waals surface area contributed by atoms with Crippen LogP contribution in [0.4, 0.5) is 0 Å². The van der Waals surface area contributed by atoms with Gasteiger partial charge in [-0.1, -0.05) is 32.1 Å². The van der Waals surface area contributed by atoms with E-state index in [1.54, 1.807) is 0 Å². The van der Waals surface area contributed by atoms with Crippen LogP contribution in [0, 0.1) is 11.8 Å². The van der Waals surface area contributed by atoms with E-state index >= 15 is 0 Å². The Hall–Kier alpha value is -0.520. The molecule has 0 atom stereocenters. The lowest BCUT2D eigenvalue weighted by molar-refractivity contribution is -0.131. The van der Waals surface area contributed by atoms with E-state index in [2.05, 4.69) is 18.8 Å². The highest BCUT2D eigenvalue weighted by atomic mass is 16.7. The summed E-state index contributed by atoms with van der Waals surface area (Å²) in [7, 11) is 0. The Kier molecular flexibility index (Phi) is 12.1. The van der Waals surface area contributed by atoms with Gasteiger partial charge in [0.05, 0.1) is 6.42 Å². The molecule has 0 aliphatic heterocycles. The summed E-state index contributed by atoms with van der Waals surface area (Å²) < 4.78 is 10.8. The van der Waals surface area contributed by atoms with Crippen LogP contribution in [0.2, 0.25) is 0 Å². The van der Waals surface area contributed by atoms with Crippen molar-refractivity contribution in [1.29, 1.82) is 0 Å². The van der Waals surface area contributed by atoms with Crippen LogP contribution in [0.25, 0.3) is 0 Å². The number of hydrogen-bond donors (Lipinski definition) is 0. The van der Waals surface area contributed by atoms with E-state index in [9.17, 15) is 0 Å². The molecule has 94 valence electrons. The highest BCUT2D eigenvalue weighted by molar-refractivity contribution is 4.99. The first-order chi connectivity index (χ1) is 7.85. The fourth-order valence-corrected chi connectivity index (χ4v) is 1.42. The molecule has 0 aromatic rings. The summed E-state index contributed by atoms with van der Waals surface area (Å²) in [5, 5.41) is 0. The van der Waals surface area contributed by atoms with Gasteiger partial charge in [-0.05, 0) is 20.3 Å². The van der Waals surface area contributed by atoms with E-state index < -0.39 is 0 Å². The third-order valence-electron chi connectivity index (χ3n) is 2.25. The van der Waals surface area contributed by atoms with E-state index in [1.165, 1.54) is 25.7 Å². The average molecular weight is 226 g/mol. The van der Waals surface area contributed by atoms with E-state index in [0.717, 1.165) is 6.42 Å². The molecule has 0 heterocycles. The van der Waals surface area contributed by atoms with Gasteiger partial charge in [0, 0.05) is 19.6 Å². The monoisotopic (exact) mass is 226 g/mol. The quantitative estimate of drug-likeness (QED) is 0.339. The summed E-state index contributed by atoms with van der Waals surface area (Å²) >= 11 is 0. The van der Waals surface area contributed by atoms with Gasteiger partial charge in [0.1, 0.15) is 0 Å².